The van der Waals surface area contributed by atoms with Crippen LogP contribution in [0.1, 0.15) is 25.3 Å². The molecule has 0 aromatic heterocycles. The number of hydrogen-bond acceptors (Lipinski definition) is 3. The number of benzene rings is 2. The molecule has 0 aliphatic rings. The van der Waals surface area contributed by atoms with Crippen LogP contribution in [0.3, 0.4) is 0 Å². The Labute approximate surface area is 144 Å². The Balaban J connectivity index is 2.09. The summed E-state index contributed by atoms with van der Waals surface area (Å²) in [5.41, 5.74) is 10.3. The maximum Gasteiger partial charge on any atom is 0.214 e. The van der Waals surface area contributed by atoms with E-state index in [-0.39, 0.29) is 6.04 Å². The number of nitrogens with zero attached hydrogens (tertiary/aromatic N) is 1. The summed E-state index contributed by atoms with van der Waals surface area (Å²) in [7, 11) is 1.69. The van der Waals surface area contributed by atoms with Gasteiger partial charge in [-0.15, -0.1) is 0 Å². The van der Waals surface area contributed by atoms with Crippen molar-refractivity contribution in [1.29, 1.82) is 0 Å². The number of rotatable bonds is 9. The first kappa shape index (κ1) is 18.2. The lowest BCUT2D eigenvalue weighted by atomic mass is 10.0. The summed E-state index contributed by atoms with van der Waals surface area (Å²) in [5, 5.41) is 0. The van der Waals surface area contributed by atoms with Crippen LogP contribution in [0, 0.1) is 0 Å². The fraction of sp³-hybridized carbons (Fsp3) is 0.350. The number of amides is 1. The predicted octanol–water partition coefficient (Wildman–Crippen LogP) is 3.59. The van der Waals surface area contributed by atoms with Gasteiger partial charge in [-0.1, -0.05) is 49.7 Å². The van der Waals surface area contributed by atoms with E-state index in [4.69, 9.17) is 10.5 Å². The van der Waals surface area contributed by atoms with Gasteiger partial charge in [0.15, 0.2) is 0 Å². The highest BCUT2D eigenvalue weighted by Crippen LogP contribution is 2.23. The first-order valence-electron chi connectivity index (χ1n) is 8.33. The number of hydrogen-bond donors (Lipinski definition) is 1. The van der Waals surface area contributed by atoms with Gasteiger partial charge in [-0.05, 0) is 35.2 Å². The van der Waals surface area contributed by atoms with Crippen LogP contribution in [0.15, 0.2) is 48.5 Å². The van der Waals surface area contributed by atoms with E-state index in [2.05, 4.69) is 31.2 Å². The van der Waals surface area contributed by atoms with E-state index in [0.29, 0.717) is 13.2 Å². The van der Waals surface area contributed by atoms with Gasteiger partial charge in [-0.25, -0.2) is 0 Å². The summed E-state index contributed by atoms with van der Waals surface area (Å²) >= 11 is 0. The monoisotopic (exact) mass is 326 g/mol. The first-order chi connectivity index (χ1) is 11.7. The Hall–Kier alpha value is -2.17. The van der Waals surface area contributed by atoms with Crippen LogP contribution in [-0.4, -0.2) is 26.1 Å². The van der Waals surface area contributed by atoms with Gasteiger partial charge in [-0.3, -0.25) is 4.79 Å². The minimum Gasteiger partial charge on any atom is -0.380 e. The molecule has 128 valence electrons. The van der Waals surface area contributed by atoms with Gasteiger partial charge in [0.1, 0.15) is 0 Å². The fourth-order valence-electron chi connectivity index (χ4n) is 2.73. The summed E-state index contributed by atoms with van der Waals surface area (Å²) in [6.07, 6.45) is 2.78. The van der Waals surface area contributed by atoms with E-state index in [1.54, 1.807) is 12.0 Å². The molecule has 2 aromatic rings. The van der Waals surface area contributed by atoms with E-state index >= 15 is 0 Å². The van der Waals surface area contributed by atoms with E-state index in [0.717, 1.165) is 41.6 Å². The molecule has 0 aliphatic carbocycles. The molecule has 2 rings (SSSR count). The molecule has 1 amide bonds. The van der Waals surface area contributed by atoms with Crippen molar-refractivity contribution in [2.45, 2.75) is 32.4 Å². The van der Waals surface area contributed by atoms with Crippen LogP contribution < -0.4 is 10.6 Å². The molecular formula is C20H26N2O2. The standard InChI is InChI=1S/C20H26N2O2/c1-3-4-19(21)13-22(15-23)20-11-9-18(10-12-20)17-7-5-16(6-8-17)14-24-2/h5-12,15,19H,3-4,13-14,21H2,1-2H3/t19-/m0/s1. The predicted molar refractivity (Wildman–Crippen MR) is 98.9 cm³/mol. The first-order valence-corrected chi connectivity index (χ1v) is 8.33. The van der Waals surface area contributed by atoms with Gasteiger partial charge in [-0.2, -0.15) is 0 Å². The van der Waals surface area contributed by atoms with Gasteiger partial charge in [0, 0.05) is 25.4 Å². The van der Waals surface area contributed by atoms with E-state index in [1.165, 1.54) is 0 Å². The molecule has 4 heteroatoms. The summed E-state index contributed by atoms with van der Waals surface area (Å²) in [6, 6.07) is 16.3. The highest BCUT2D eigenvalue weighted by molar-refractivity contribution is 5.77. The molecule has 1 atom stereocenters. The molecule has 0 spiro atoms. The highest BCUT2D eigenvalue weighted by Gasteiger charge is 2.10. The zero-order valence-electron chi connectivity index (χ0n) is 14.4. The normalized spacial score (nSPS) is 12.0. The molecule has 0 unspecified atom stereocenters. The van der Waals surface area contributed by atoms with Crippen LogP contribution in [0.25, 0.3) is 11.1 Å². The molecule has 2 aromatic carbocycles. The zero-order chi connectivity index (χ0) is 17.4. The van der Waals surface area contributed by atoms with Crippen LogP contribution >= 0.6 is 0 Å². The van der Waals surface area contributed by atoms with Gasteiger partial charge < -0.3 is 15.4 Å². The molecule has 0 bridgehead atoms. The largest absolute Gasteiger partial charge is 0.380 e. The SMILES string of the molecule is CCC[C@H](N)CN(C=O)c1ccc(-c2ccc(COC)cc2)cc1. The molecular weight excluding hydrogens is 300 g/mol. The van der Waals surface area contributed by atoms with Crippen molar-refractivity contribution in [3.8, 4) is 11.1 Å². The van der Waals surface area contributed by atoms with Gasteiger partial charge in [0.25, 0.3) is 0 Å². The van der Waals surface area contributed by atoms with Crippen LogP contribution in [0.4, 0.5) is 5.69 Å². The minimum atomic E-state index is 0.00760. The minimum absolute atomic E-state index is 0.00760. The Morgan fingerprint density at radius 3 is 2.17 bits per heavy atom. The summed E-state index contributed by atoms with van der Waals surface area (Å²) in [4.78, 5) is 13.0. The Bertz CT molecular complexity index is 623. The second kappa shape index (κ2) is 9.21. The fourth-order valence-corrected chi connectivity index (χ4v) is 2.73. The van der Waals surface area contributed by atoms with Crippen molar-refractivity contribution in [3.05, 3.63) is 54.1 Å². The topological polar surface area (TPSA) is 55.6 Å². The van der Waals surface area contributed by atoms with Crippen LogP contribution in [0.2, 0.25) is 0 Å². The van der Waals surface area contributed by atoms with Crippen LogP contribution in [-0.2, 0) is 16.1 Å². The van der Waals surface area contributed by atoms with Crippen molar-refractivity contribution >= 4 is 12.1 Å². The number of nitrogens with two attached hydrogens (primary N) is 1. The van der Waals surface area contributed by atoms with Crippen molar-refractivity contribution in [1.82, 2.24) is 0 Å². The third kappa shape index (κ3) is 4.91. The molecule has 0 saturated carbocycles. The molecule has 0 saturated heterocycles. The lowest BCUT2D eigenvalue weighted by Gasteiger charge is -2.21. The molecule has 24 heavy (non-hydrogen) atoms. The lowest BCUT2D eigenvalue weighted by molar-refractivity contribution is -0.107. The molecule has 4 nitrogen and oxygen atoms in total. The summed E-state index contributed by atoms with van der Waals surface area (Å²) < 4.78 is 5.13. The van der Waals surface area contributed by atoms with Crippen molar-refractivity contribution in [2.24, 2.45) is 5.73 Å². The lowest BCUT2D eigenvalue weighted by Crippen LogP contribution is -2.36. The van der Waals surface area contributed by atoms with E-state index < -0.39 is 0 Å². The van der Waals surface area contributed by atoms with E-state index in [1.807, 2.05) is 24.3 Å². The summed E-state index contributed by atoms with van der Waals surface area (Å²) in [5.74, 6) is 0. The second-order valence-corrected chi connectivity index (χ2v) is 5.98. The average Bonchev–Trinajstić information content (AvgIpc) is 2.61. The third-order valence-corrected chi connectivity index (χ3v) is 4.02. The Morgan fingerprint density at radius 2 is 1.67 bits per heavy atom. The van der Waals surface area contributed by atoms with Crippen LogP contribution in [0.5, 0.6) is 0 Å². The quantitative estimate of drug-likeness (QED) is 0.717. The zero-order valence-corrected chi connectivity index (χ0v) is 14.4. The number of carbonyl (C=O) groups is 1. The molecule has 0 heterocycles. The number of carbonyl (C=O) groups excluding carboxylic acids is 1. The third-order valence-electron chi connectivity index (χ3n) is 4.02. The highest BCUT2D eigenvalue weighted by atomic mass is 16.5. The van der Waals surface area contributed by atoms with Gasteiger partial charge in [0.2, 0.25) is 6.41 Å². The van der Waals surface area contributed by atoms with Crippen molar-refractivity contribution < 1.29 is 9.53 Å². The maximum absolute atomic E-state index is 11.4. The smallest absolute Gasteiger partial charge is 0.214 e. The molecule has 0 radical (unpaired) electrons. The Morgan fingerprint density at radius 1 is 1.08 bits per heavy atom. The van der Waals surface area contributed by atoms with E-state index in [9.17, 15) is 4.79 Å². The summed E-state index contributed by atoms with van der Waals surface area (Å²) in [6.45, 7) is 3.26. The Kier molecular flexibility index (Phi) is 6.97. The number of anilines is 1. The maximum atomic E-state index is 11.4. The average molecular weight is 326 g/mol. The van der Waals surface area contributed by atoms with Gasteiger partial charge in [0.05, 0.1) is 6.61 Å². The van der Waals surface area contributed by atoms with Crippen molar-refractivity contribution in [2.75, 3.05) is 18.6 Å². The molecule has 0 aliphatic heterocycles. The molecule has 2 N–H and O–H groups in total. The second-order valence-electron chi connectivity index (χ2n) is 5.98. The van der Waals surface area contributed by atoms with Gasteiger partial charge >= 0.3 is 0 Å². The number of methoxy groups -OCH3 is 1. The van der Waals surface area contributed by atoms with Crippen molar-refractivity contribution in [3.63, 3.8) is 0 Å². The molecule has 0 fully saturated rings. The number of ether oxygens (including phenoxy) is 1.